The summed E-state index contributed by atoms with van der Waals surface area (Å²) in [6, 6.07) is 8.44. The zero-order chi connectivity index (χ0) is 11.5. The highest BCUT2D eigenvalue weighted by Crippen LogP contribution is 2.23. The second-order valence-corrected chi connectivity index (χ2v) is 5.10. The van der Waals surface area contributed by atoms with E-state index in [9.17, 15) is 4.39 Å². The summed E-state index contributed by atoms with van der Waals surface area (Å²) in [7, 11) is 0. The van der Waals surface area contributed by atoms with Gasteiger partial charge in [0.1, 0.15) is 5.82 Å². The molecule has 5 heteroatoms. The van der Waals surface area contributed by atoms with Crippen molar-refractivity contribution in [2.75, 3.05) is 11.1 Å². The number of nitrogens with two attached hydrogens (primary N) is 1. The Morgan fingerprint density at radius 1 is 1.31 bits per heavy atom. The van der Waals surface area contributed by atoms with Crippen LogP contribution in [0.1, 0.15) is 4.88 Å². The standard InChI is InChI=1S/C11H10ClFN2S/c12-11-4-2-8(16-11)6-15-7-1-3-10(14)9(13)5-7/h1-5,15H,6,14H2. The van der Waals surface area contributed by atoms with Crippen molar-refractivity contribution in [1.29, 1.82) is 0 Å². The molecule has 0 spiro atoms. The predicted octanol–water partition coefficient (Wildman–Crippen LogP) is 3.73. The lowest BCUT2D eigenvalue weighted by atomic mass is 10.2. The number of anilines is 2. The molecular formula is C11H10ClFN2S. The van der Waals surface area contributed by atoms with Crippen LogP contribution in [0.3, 0.4) is 0 Å². The molecule has 0 saturated heterocycles. The lowest BCUT2D eigenvalue weighted by molar-refractivity contribution is 0.633. The van der Waals surface area contributed by atoms with Crippen molar-refractivity contribution >= 4 is 34.3 Å². The Kier molecular flexibility index (Phi) is 3.31. The zero-order valence-corrected chi connectivity index (χ0v) is 9.91. The first-order chi connectivity index (χ1) is 7.65. The predicted molar refractivity (Wildman–Crippen MR) is 67.5 cm³/mol. The third-order valence-corrected chi connectivity index (χ3v) is 3.33. The van der Waals surface area contributed by atoms with Gasteiger partial charge in [0.15, 0.2) is 0 Å². The van der Waals surface area contributed by atoms with Gasteiger partial charge in [-0.3, -0.25) is 0 Å². The van der Waals surface area contributed by atoms with Crippen molar-refractivity contribution in [3.05, 3.63) is 45.4 Å². The van der Waals surface area contributed by atoms with E-state index in [0.29, 0.717) is 12.2 Å². The van der Waals surface area contributed by atoms with Crippen molar-refractivity contribution in [2.24, 2.45) is 0 Å². The fraction of sp³-hybridized carbons (Fsp3) is 0.0909. The molecule has 0 atom stereocenters. The summed E-state index contributed by atoms with van der Waals surface area (Å²) in [6.45, 7) is 0.626. The maximum Gasteiger partial charge on any atom is 0.148 e. The number of thiophene rings is 1. The number of halogens is 2. The Hall–Kier alpha value is -1.26. The largest absolute Gasteiger partial charge is 0.396 e. The summed E-state index contributed by atoms with van der Waals surface area (Å²) in [5.74, 6) is -0.408. The van der Waals surface area contributed by atoms with Crippen LogP contribution in [-0.2, 0) is 6.54 Å². The van der Waals surface area contributed by atoms with Gasteiger partial charge in [-0.15, -0.1) is 11.3 Å². The van der Waals surface area contributed by atoms with Crippen molar-refractivity contribution in [1.82, 2.24) is 0 Å². The van der Waals surface area contributed by atoms with E-state index >= 15 is 0 Å². The van der Waals surface area contributed by atoms with E-state index < -0.39 is 5.82 Å². The SMILES string of the molecule is Nc1ccc(NCc2ccc(Cl)s2)cc1F. The molecule has 0 radical (unpaired) electrons. The van der Waals surface area contributed by atoms with Crippen molar-refractivity contribution in [2.45, 2.75) is 6.54 Å². The maximum absolute atomic E-state index is 13.1. The van der Waals surface area contributed by atoms with E-state index in [1.807, 2.05) is 12.1 Å². The maximum atomic E-state index is 13.1. The number of rotatable bonds is 3. The second-order valence-electron chi connectivity index (χ2n) is 3.30. The smallest absolute Gasteiger partial charge is 0.148 e. The quantitative estimate of drug-likeness (QED) is 0.821. The number of hydrogen-bond acceptors (Lipinski definition) is 3. The molecule has 1 heterocycles. The van der Waals surface area contributed by atoms with Gasteiger partial charge in [-0.05, 0) is 30.3 Å². The third-order valence-electron chi connectivity index (χ3n) is 2.10. The molecule has 0 aliphatic carbocycles. The number of hydrogen-bond donors (Lipinski definition) is 2. The molecular weight excluding hydrogens is 247 g/mol. The molecule has 2 rings (SSSR count). The molecule has 16 heavy (non-hydrogen) atoms. The summed E-state index contributed by atoms with van der Waals surface area (Å²) in [5.41, 5.74) is 6.24. The molecule has 0 bridgehead atoms. The summed E-state index contributed by atoms with van der Waals surface area (Å²) in [4.78, 5) is 1.10. The van der Waals surface area contributed by atoms with Gasteiger partial charge in [-0.25, -0.2) is 4.39 Å². The van der Waals surface area contributed by atoms with Crippen molar-refractivity contribution in [3.63, 3.8) is 0 Å². The van der Waals surface area contributed by atoms with E-state index in [1.165, 1.54) is 17.4 Å². The molecule has 1 aromatic carbocycles. The van der Waals surface area contributed by atoms with E-state index in [2.05, 4.69) is 5.32 Å². The molecule has 2 nitrogen and oxygen atoms in total. The van der Waals surface area contributed by atoms with E-state index in [-0.39, 0.29) is 5.69 Å². The Balaban J connectivity index is 2.02. The summed E-state index contributed by atoms with van der Waals surface area (Å²) >= 11 is 7.30. The van der Waals surface area contributed by atoms with Crippen LogP contribution >= 0.6 is 22.9 Å². The first-order valence-corrected chi connectivity index (χ1v) is 5.88. The highest BCUT2D eigenvalue weighted by atomic mass is 35.5. The van der Waals surface area contributed by atoms with Crippen LogP contribution in [0, 0.1) is 5.82 Å². The topological polar surface area (TPSA) is 38.0 Å². The van der Waals surface area contributed by atoms with Crippen molar-refractivity contribution in [3.8, 4) is 0 Å². The zero-order valence-electron chi connectivity index (χ0n) is 8.34. The van der Waals surface area contributed by atoms with Gasteiger partial charge >= 0.3 is 0 Å². The van der Waals surface area contributed by atoms with Crippen LogP contribution in [0.2, 0.25) is 4.34 Å². The summed E-state index contributed by atoms with van der Waals surface area (Å²) in [6.07, 6.45) is 0. The van der Waals surface area contributed by atoms with Crippen molar-refractivity contribution < 1.29 is 4.39 Å². The molecule has 2 aromatic rings. The van der Waals surface area contributed by atoms with Gasteiger partial charge in [0.05, 0.1) is 10.0 Å². The average Bonchev–Trinajstić information content (AvgIpc) is 2.66. The number of benzene rings is 1. The van der Waals surface area contributed by atoms with E-state index in [4.69, 9.17) is 17.3 Å². The third kappa shape index (κ3) is 2.65. The Morgan fingerprint density at radius 3 is 2.75 bits per heavy atom. The number of nitrogens with one attached hydrogen (secondary N) is 1. The van der Waals surface area contributed by atoms with Gasteiger partial charge in [0.25, 0.3) is 0 Å². The number of nitrogen functional groups attached to an aromatic ring is 1. The van der Waals surface area contributed by atoms with Crippen LogP contribution in [0.15, 0.2) is 30.3 Å². The Bertz CT molecular complexity index is 498. The average molecular weight is 257 g/mol. The van der Waals surface area contributed by atoms with Gasteiger partial charge in [0, 0.05) is 17.1 Å². The van der Waals surface area contributed by atoms with E-state index in [1.54, 1.807) is 12.1 Å². The molecule has 0 aliphatic heterocycles. The van der Waals surface area contributed by atoms with Crippen LogP contribution in [-0.4, -0.2) is 0 Å². The molecule has 1 aromatic heterocycles. The minimum absolute atomic E-state index is 0.157. The van der Waals surface area contributed by atoms with Crippen LogP contribution < -0.4 is 11.1 Å². The molecule has 84 valence electrons. The first-order valence-electron chi connectivity index (χ1n) is 4.68. The molecule has 0 aliphatic rings. The fourth-order valence-electron chi connectivity index (χ4n) is 1.27. The van der Waals surface area contributed by atoms with Gasteiger partial charge in [-0.1, -0.05) is 11.6 Å². The minimum Gasteiger partial charge on any atom is -0.396 e. The molecule has 0 unspecified atom stereocenters. The molecule has 0 amide bonds. The summed E-state index contributed by atoms with van der Waals surface area (Å²) < 4.78 is 13.9. The monoisotopic (exact) mass is 256 g/mol. The first kappa shape index (κ1) is 11.2. The molecule has 0 fully saturated rings. The van der Waals surface area contributed by atoms with Gasteiger partial charge in [0.2, 0.25) is 0 Å². The Labute approximate surface area is 102 Å². The fourth-order valence-corrected chi connectivity index (χ4v) is 2.30. The highest BCUT2D eigenvalue weighted by molar-refractivity contribution is 7.16. The normalized spacial score (nSPS) is 10.4. The second kappa shape index (κ2) is 4.72. The van der Waals surface area contributed by atoms with Gasteiger partial charge in [-0.2, -0.15) is 0 Å². The van der Waals surface area contributed by atoms with E-state index in [0.717, 1.165) is 9.21 Å². The Morgan fingerprint density at radius 2 is 2.12 bits per heavy atom. The molecule has 0 saturated carbocycles. The van der Waals surface area contributed by atoms with Crippen LogP contribution in [0.4, 0.5) is 15.8 Å². The lowest BCUT2D eigenvalue weighted by Gasteiger charge is -2.05. The summed E-state index contributed by atoms with van der Waals surface area (Å²) in [5, 5.41) is 3.10. The van der Waals surface area contributed by atoms with Gasteiger partial charge < -0.3 is 11.1 Å². The lowest BCUT2D eigenvalue weighted by Crippen LogP contribution is -1.99. The van der Waals surface area contributed by atoms with Crippen LogP contribution in [0.5, 0.6) is 0 Å². The highest BCUT2D eigenvalue weighted by Gasteiger charge is 2.01. The van der Waals surface area contributed by atoms with Crippen LogP contribution in [0.25, 0.3) is 0 Å². The minimum atomic E-state index is -0.408. The molecule has 3 N–H and O–H groups in total.